The first-order valence-corrected chi connectivity index (χ1v) is 12.2. The van der Waals surface area contributed by atoms with Gasteiger partial charge in [-0.05, 0) is 73.7 Å². The summed E-state index contributed by atoms with van der Waals surface area (Å²) in [5.41, 5.74) is 2.80. The van der Waals surface area contributed by atoms with Crippen LogP contribution in [0.15, 0.2) is 51.8 Å². The first kappa shape index (κ1) is 25.8. The molecule has 9 nitrogen and oxygen atoms in total. The second kappa shape index (κ2) is 10.8. The number of hydrogen-bond donors (Lipinski definition) is 3. The standard InChI is InChI=1S/C28H30N2O7/c1-4-5-6-17-12-25(32)37-24-10-15(2)9-23(26(17)24)36-16(3)27(33)30-22(28(34)35)11-18-14-29-21-8-7-19(31)13-20(18)21/h7-10,12-14,16,22,29,31H,4-6,11H2,1-3H3,(H,30,33)(H,34,35)/p-1/t16-,22+/m0/s1. The van der Waals surface area contributed by atoms with E-state index in [9.17, 15) is 24.6 Å². The van der Waals surface area contributed by atoms with Crippen molar-refractivity contribution in [1.82, 2.24) is 10.3 Å². The summed E-state index contributed by atoms with van der Waals surface area (Å²) in [6.07, 6.45) is 2.97. The molecule has 0 aliphatic carbocycles. The number of ether oxygens (including phenoxy) is 1. The van der Waals surface area contributed by atoms with Gasteiger partial charge in [0.2, 0.25) is 0 Å². The molecule has 0 unspecified atom stereocenters. The van der Waals surface area contributed by atoms with Crippen molar-refractivity contribution < 1.29 is 29.0 Å². The number of phenolic OH excluding ortho intramolecular Hbond substituents is 1. The van der Waals surface area contributed by atoms with Crippen molar-refractivity contribution in [3.63, 3.8) is 0 Å². The highest BCUT2D eigenvalue weighted by atomic mass is 16.5. The average Bonchev–Trinajstić information content (AvgIpc) is 3.22. The lowest BCUT2D eigenvalue weighted by molar-refractivity contribution is -0.308. The fraction of sp³-hybridized carbons (Fsp3) is 0.321. The molecule has 2 aromatic heterocycles. The van der Waals surface area contributed by atoms with E-state index in [-0.39, 0.29) is 12.2 Å². The first-order chi connectivity index (χ1) is 17.7. The van der Waals surface area contributed by atoms with Crippen molar-refractivity contribution in [2.24, 2.45) is 0 Å². The number of nitrogens with one attached hydrogen (secondary N) is 2. The molecular weight excluding hydrogens is 476 g/mol. The van der Waals surface area contributed by atoms with Gasteiger partial charge < -0.3 is 34.5 Å². The zero-order valence-electron chi connectivity index (χ0n) is 20.9. The average molecular weight is 506 g/mol. The Labute approximate surface area is 213 Å². The number of hydrogen-bond acceptors (Lipinski definition) is 7. The molecule has 194 valence electrons. The van der Waals surface area contributed by atoms with Crippen LogP contribution in [0.3, 0.4) is 0 Å². The number of aromatic amines is 1. The van der Waals surface area contributed by atoms with Crippen molar-refractivity contribution in [2.45, 2.75) is 58.6 Å². The Morgan fingerprint density at radius 3 is 2.70 bits per heavy atom. The van der Waals surface area contributed by atoms with Crippen molar-refractivity contribution in [3.05, 3.63) is 69.7 Å². The van der Waals surface area contributed by atoms with Crippen LogP contribution in [0.5, 0.6) is 11.5 Å². The van der Waals surface area contributed by atoms with Gasteiger partial charge in [-0.3, -0.25) is 4.79 Å². The Kier molecular flexibility index (Phi) is 7.52. The molecule has 0 aliphatic rings. The number of amides is 1. The summed E-state index contributed by atoms with van der Waals surface area (Å²) in [6, 6.07) is 8.35. The van der Waals surface area contributed by atoms with Gasteiger partial charge in [0.15, 0.2) is 6.10 Å². The summed E-state index contributed by atoms with van der Waals surface area (Å²) in [5.74, 6) is -1.66. The smallest absolute Gasteiger partial charge is 0.336 e. The van der Waals surface area contributed by atoms with E-state index in [1.807, 2.05) is 13.8 Å². The number of rotatable bonds is 10. The van der Waals surface area contributed by atoms with E-state index >= 15 is 0 Å². The first-order valence-electron chi connectivity index (χ1n) is 12.2. The number of carbonyl (C=O) groups excluding carboxylic acids is 2. The molecule has 2 aromatic carbocycles. The maximum absolute atomic E-state index is 13.0. The van der Waals surface area contributed by atoms with E-state index in [0.29, 0.717) is 34.1 Å². The number of H-pyrrole nitrogens is 1. The third-order valence-corrected chi connectivity index (χ3v) is 6.28. The van der Waals surface area contributed by atoms with Gasteiger partial charge >= 0.3 is 5.63 Å². The topological polar surface area (TPSA) is 145 Å². The Hall–Kier alpha value is -4.27. The lowest BCUT2D eigenvalue weighted by Crippen LogP contribution is -2.52. The molecule has 1 amide bonds. The van der Waals surface area contributed by atoms with Crippen LogP contribution in [0, 0.1) is 6.92 Å². The Morgan fingerprint density at radius 1 is 1.19 bits per heavy atom. The van der Waals surface area contributed by atoms with E-state index in [4.69, 9.17) is 9.15 Å². The minimum absolute atomic E-state index is 0.0453. The van der Waals surface area contributed by atoms with Crippen molar-refractivity contribution in [1.29, 1.82) is 0 Å². The molecule has 0 bridgehead atoms. The number of phenols is 1. The molecule has 0 saturated heterocycles. The second-order valence-electron chi connectivity index (χ2n) is 9.22. The molecule has 3 N–H and O–H groups in total. The predicted octanol–water partition coefficient (Wildman–Crippen LogP) is 2.88. The van der Waals surface area contributed by atoms with Crippen LogP contribution in [-0.4, -0.2) is 34.1 Å². The summed E-state index contributed by atoms with van der Waals surface area (Å²) in [6.45, 7) is 5.39. The van der Waals surface area contributed by atoms with Crippen LogP contribution in [0.1, 0.15) is 43.4 Å². The van der Waals surface area contributed by atoms with Crippen LogP contribution in [0.4, 0.5) is 0 Å². The van der Waals surface area contributed by atoms with E-state index in [1.165, 1.54) is 25.1 Å². The number of aromatic hydroxyl groups is 1. The number of carboxylic acid groups (broad SMARTS) is 1. The van der Waals surface area contributed by atoms with E-state index < -0.39 is 29.6 Å². The second-order valence-corrected chi connectivity index (χ2v) is 9.22. The number of carboxylic acids is 1. The van der Waals surface area contributed by atoms with Gasteiger partial charge in [0.25, 0.3) is 5.91 Å². The van der Waals surface area contributed by atoms with Crippen LogP contribution >= 0.6 is 0 Å². The van der Waals surface area contributed by atoms with Crippen LogP contribution < -0.4 is 20.8 Å². The highest BCUT2D eigenvalue weighted by Crippen LogP contribution is 2.31. The molecule has 37 heavy (non-hydrogen) atoms. The van der Waals surface area contributed by atoms with Crippen LogP contribution in [0.2, 0.25) is 0 Å². The summed E-state index contributed by atoms with van der Waals surface area (Å²) in [7, 11) is 0. The molecule has 0 fully saturated rings. The third kappa shape index (κ3) is 5.77. The maximum atomic E-state index is 13.0. The summed E-state index contributed by atoms with van der Waals surface area (Å²) < 4.78 is 11.4. The van der Waals surface area contributed by atoms with Gasteiger partial charge in [-0.25, -0.2) is 4.79 Å². The van der Waals surface area contributed by atoms with Gasteiger partial charge in [-0.1, -0.05) is 13.3 Å². The Balaban J connectivity index is 1.56. The Bertz CT molecular complexity index is 1520. The lowest BCUT2D eigenvalue weighted by atomic mass is 10.0. The summed E-state index contributed by atoms with van der Waals surface area (Å²) >= 11 is 0. The minimum Gasteiger partial charge on any atom is -0.548 e. The molecule has 2 atom stereocenters. The van der Waals surface area contributed by atoms with Crippen LogP contribution in [-0.2, 0) is 22.4 Å². The quantitative estimate of drug-likeness (QED) is 0.281. The number of benzene rings is 2. The molecule has 9 heteroatoms. The van der Waals surface area contributed by atoms with Gasteiger partial charge in [0, 0.05) is 29.6 Å². The highest BCUT2D eigenvalue weighted by molar-refractivity contribution is 5.90. The predicted molar refractivity (Wildman–Crippen MR) is 137 cm³/mol. The SMILES string of the molecule is CCCCc1cc(=O)oc2cc(C)cc(O[C@@H](C)C(=O)N[C@H](Cc3c[nH]c4ccc(O)cc34)C(=O)[O-])c12. The molecule has 0 aliphatic heterocycles. The normalized spacial score (nSPS) is 12.9. The zero-order valence-corrected chi connectivity index (χ0v) is 20.9. The maximum Gasteiger partial charge on any atom is 0.336 e. The fourth-order valence-electron chi connectivity index (χ4n) is 4.41. The van der Waals surface area contributed by atoms with E-state index in [1.54, 1.807) is 24.4 Å². The van der Waals surface area contributed by atoms with Gasteiger partial charge in [0.1, 0.15) is 17.1 Å². The number of unbranched alkanes of at least 4 members (excludes halogenated alkanes) is 1. The van der Waals surface area contributed by atoms with E-state index in [0.717, 1.165) is 29.5 Å². The molecule has 0 saturated carbocycles. The highest BCUT2D eigenvalue weighted by Gasteiger charge is 2.23. The zero-order chi connectivity index (χ0) is 26.7. The van der Waals surface area contributed by atoms with Crippen LogP contribution in [0.25, 0.3) is 21.9 Å². The molecule has 0 spiro atoms. The number of fused-ring (bicyclic) bond motifs is 2. The van der Waals surface area contributed by atoms with Gasteiger partial charge in [-0.15, -0.1) is 0 Å². The number of aromatic nitrogens is 1. The fourth-order valence-corrected chi connectivity index (χ4v) is 4.41. The largest absolute Gasteiger partial charge is 0.548 e. The van der Waals surface area contributed by atoms with E-state index in [2.05, 4.69) is 10.3 Å². The van der Waals surface area contributed by atoms with Crippen molar-refractivity contribution in [3.8, 4) is 11.5 Å². The monoisotopic (exact) mass is 505 g/mol. The molecule has 0 radical (unpaired) electrons. The Morgan fingerprint density at radius 2 is 1.97 bits per heavy atom. The number of carbonyl (C=O) groups is 2. The van der Waals surface area contributed by atoms with Gasteiger partial charge in [0.05, 0.1) is 17.4 Å². The number of aliphatic carboxylic acids is 1. The third-order valence-electron chi connectivity index (χ3n) is 6.28. The molecule has 2 heterocycles. The van der Waals surface area contributed by atoms with Crippen molar-refractivity contribution in [2.75, 3.05) is 0 Å². The molecule has 4 rings (SSSR count). The number of aryl methyl sites for hydroxylation is 2. The minimum atomic E-state index is -1.44. The molecular formula is C28H29N2O7-. The summed E-state index contributed by atoms with van der Waals surface area (Å²) in [4.78, 5) is 40.0. The molecule has 4 aromatic rings. The lowest BCUT2D eigenvalue weighted by Gasteiger charge is -2.23. The van der Waals surface area contributed by atoms with Gasteiger partial charge in [-0.2, -0.15) is 0 Å². The summed E-state index contributed by atoms with van der Waals surface area (Å²) in [5, 5.41) is 25.4. The van der Waals surface area contributed by atoms with Crippen molar-refractivity contribution >= 4 is 33.7 Å².